The molecular weight excluding hydrogens is 294 g/mol. The molecule has 2 aromatic rings. The third-order valence-corrected chi connectivity index (χ3v) is 4.37. The molecule has 1 saturated heterocycles. The molecule has 2 aromatic heterocycles. The first-order valence-corrected chi connectivity index (χ1v) is 7.88. The molecule has 6 nitrogen and oxygen atoms in total. The van der Waals surface area contributed by atoms with Crippen LogP contribution in [-0.4, -0.2) is 51.6 Å². The number of aliphatic hydroxyl groups is 1. The lowest BCUT2D eigenvalue weighted by molar-refractivity contribution is 0.0698. The Labute approximate surface area is 135 Å². The number of hydrogen-bond donors (Lipinski definition) is 1. The Balaban J connectivity index is 1.90. The van der Waals surface area contributed by atoms with E-state index in [-0.39, 0.29) is 17.4 Å². The standard InChI is InChI=1S/C17H23N3O3/c1-17(2)9-12(21)4-6-19(11-17)16(22)14-10-18-15-8-13(23-3)5-7-20(14)15/h5,7-8,10,12,21H,4,6,9,11H2,1-3H3. The fraction of sp³-hybridized carbons (Fsp3) is 0.529. The number of likely N-dealkylation sites (tertiary alicyclic amines) is 1. The number of pyridine rings is 1. The van der Waals surface area contributed by atoms with Crippen molar-refractivity contribution in [2.24, 2.45) is 5.41 Å². The first-order chi connectivity index (χ1) is 10.9. The van der Waals surface area contributed by atoms with Crippen LogP contribution in [-0.2, 0) is 0 Å². The quantitative estimate of drug-likeness (QED) is 0.919. The number of carbonyl (C=O) groups excluding carboxylic acids is 1. The van der Waals surface area contributed by atoms with Crippen molar-refractivity contribution in [3.8, 4) is 5.75 Å². The molecule has 1 fully saturated rings. The Morgan fingerprint density at radius 1 is 1.48 bits per heavy atom. The average molecular weight is 317 g/mol. The van der Waals surface area contributed by atoms with Gasteiger partial charge in [-0.15, -0.1) is 0 Å². The highest BCUT2D eigenvalue weighted by molar-refractivity contribution is 5.93. The number of nitrogens with zero attached hydrogens (tertiary/aromatic N) is 3. The lowest BCUT2D eigenvalue weighted by Crippen LogP contribution is -2.38. The van der Waals surface area contributed by atoms with Crippen LogP contribution in [0.4, 0.5) is 0 Å². The zero-order chi connectivity index (χ0) is 16.6. The Morgan fingerprint density at radius 2 is 2.26 bits per heavy atom. The summed E-state index contributed by atoms with van der Waals surface area (Å²) in [5, 5.41) is 10.0. The number of hydrogen-bond acceptors (Lipinski definition) is 4. The highest BCUT2D eigenvalue weighted by atomic mass is 16.5. The van der Waals surface area contributed by atoms with Gasteiger partial charge < -0.3 is 14.7 Å². The molecule has 0 aliphatic carbocycles. The van der Waals surface area contributed by atoms with E-state index in [9.17, 15) is 9.90 Å². The molecule has 1 aliphatic rings. The molecule has 0 spiro atoms. The third-order valence-electron chi connectivity index (χ3n) is 4.37. The Hall–Kier alpha value is -2.08. The van der Waals surface area contributed by atoms with E-state index in [1.165, 1.54) is 0 Å². The third kappa shape index (κ3) is 3.17. The second kappa shape index (κ2) is 5.85. The maximum Gasteiger partial charge on any atom is 0.272 e. The number of methoxy groups -OCH3 is 1. The summed E-state index contributed by atoms with van der Waals surface area (Å²) in [4.78, 5) is 19.1. The molecule has 1 atom stereocenters. The van der Waals surface area contributed by atoms with Crippen molar-refractivity contribution in [2.45, 2.75) is 32.8 Å². The lowest BCUT2D eigenvalue weighted by atomic mass is 9.87. The van der Waals surface area contributed by atoms with Gasteiger partial charge in [0.2, 0.25) is 0 Å². The van der Waals surface area contributed by atoms with Crippen LogP contribution < -0.4 is 4.74 Å². The summed E-state index contributed by atoms with van der Waals surface area (Å²) in [5.41, 5.74) is 1.12. The van der Waals surface area contributed by atoms with Crippen molar-refractivity contribution in [3.05, 3.63) is 30.2 Å². The molecule has 1 N–H and O–H groups in total. The van der Waals surface area contributed by atoms with Gasteiger partial charge in [0.1, 0.15) is 17.1 Å². The number of rotatable bonds is 2. The summed E-state index contributed by atoms with van der Waals surface area (Å²) >= 11 is 0. The van der Waals surface area contributed by atoms with E-state index in [1.807, 2.05) is 11.0 Å². The van der Waals surface area contributed by atoms with Gasteiger partial charge in [-0.3, -0.25) is 9.20 Å². The van der Waals surface area contributed by atoms with E-state index in [1.54, 1.807) is 30.0 Å². The maximum atomic E-state index is 12.9. The maximum absolute atomic E-state index is 12.9. The predicted octanol–water partition coefficient (Wildman–Crippen LogP) is 1.97. The van der Waals surface area contributed by atoms with Crippen LogP contribution in [0.5, 0.6) is 5.75 Å². The Kier molecular flexibility index (Phi) is 4.02. The normalized spacial score (nSPS) is 21.2. The number of carbonyl (C=O) groups is 1. The Morgan fingerprint density at radius 3 is 3.00 bits per heavy atom. The highest BCUT2D eigenvalue weighted by Crippen LogP contribution is 2.29. The van der Waals surface area contributed by atoms with Crippen molar-refractivity contribution in [2.75, 3.05) is 20.2 Å². The summed E-state index contributed by atoms with van der Waals surface area (Å²) in [6, 6.07) is 3.61. The summed E-state index contributed by atoms with van der Waals surface area (Å²) in [6.07, 6.45) is 4.37. The van der Waals surface area contributed by atoms with Gasteiger partial charge in [-0.05, 0) is 24.3 Å². The number of amides is 1. The fourth-order valence-corrected chi connectivity index (χ4v) is 3.29. The molecule has 0 bridgehead atoms. The molecule has 3 heterocycles. The molecule has 6 heteroatoms. The van der Waals surface area contributed by atoms with Crippen LogP contribution in [0, 0.1) is 5.41 Å². The van der Waals surface area contributed by atoms with E-state index in [2.05, 4.69) is 18.8 Å². The van der Waals surface area contributed by atoms with E-state index in [0.29, 0.717) is 43.0 Å². The van der Waals surface area contributed by atoms with Crippen molar-refractivity contribution < 1.29 is 14.6 Å². The number of aliphatic hydroxyl groups excluding tert-OH is 1. The average Bonchev–Trinajstić information content (AvgIpc) is 2.86. The second-order valence-electron chi connectivity index (χ2n) is 6.98. The zero-order valence-electron chi connectivity index (χ0n) is 13.8. The molecule has 1 unspecified atom stereocenters. The summed E-state index contributed by atoms with van der Waals surface area (Å²) in [7, 11) is 1.60. The fourth-order valence-electron chi connectivity index (χ4n) is 3.29. The van der Waals surface area contributed by atoms with Crippen LogP contribution in [0.15, 0.2) is 24.5 Å². The van der Waals surface area contributed by atoms with Gasteiger partial charge in [0, 0.05) is 25.4 Å². The number of aromatic nitrogens is 2. The van der Waals surface area contributed by atoms with Gasteiger partial charge in [-0.25, -0.2) is 4.98 Å². The van der Waals surface area contributed by atoms with Crippen molar-refractivity contribution in [3.63, 3.8) is 0 Å². The van der Waals surface area contributed by atoms with Crippen LogP contribution in [0.1, 0.15) is 37.2 Å². The largest absolute Gasteiger partial charge is 0.497 e. The smallest absolute Gasteiger partial charge is 0.272 e. The van der Waals surface area contributed by atoms with Crippen LogP contribution in [0.2, 0.25) is 0 Å². The first-order valence-electron chi connectivity index (χ1n) is 7.88. The van der Waals surface area contributed by atoms with Crippen molar-refractivity contribution in [1.82, 2.24) is 14.3 Å². The van der Waals surface area contributed by atoms with Gasteiger partial charge in [-0.2, -0.15) is 0 Å². The second-order valence-corrected chi connectivity index (χ2v) is 6.98. The molecule has 1 aliphatic heterocycles. The van der Waals surface area contributed by atoms with Crippen LogP contribution in [0.3, 0.4) is 0 Å². The first kappa shape index (κ1) is 15.8. The topological polar surface area (TPSA) is 67.1 Å². The zero-order valence-corrected chi connectivity index (χ0v) is 13.8. The molecule has 124 valence electrons. The van der Waals surface area contributed by atoms with E-state index < -0.39 is 0 Å². The van der Waals surface area contributed by atoms with Gasteiger partial charge in [0.25, 0.3) is 5.91 Å². The lowest BCUT2D eigenvalue weighted by Gasteiger charge is -2.29. The minimum Gasteiger partial charge on any atom is -0.497 e. The molecule has 23 heavy (non-hydrogen) atoms. The molecular formula is C17H23N3O3. The van der Waals surface area contributed by atoms with Gasteiger partial charge in [-0.1, -0.05) is 13.8 Å². The van der Waals surface area contributed by atoms with E-state index in [4.69, 9.17) is 4.74 Å². The number of ether oxygens (including phenoxy) is 1. The van der Waals surface area contributed by atoms with Crippen molar-refractivity contribution >= 4 is 11.6 Å². The molecule has 0 saturated carbocycles. The van der Waals surface area contributed by atoms with Crippen LogP contribution in [0.25, 0.3) is 5.65 Å². The predicted molar refractivity (Wildman–Crippen MR) is 86.7 cm³/mol. The van der Waals surface area contributed by atoms with Gasteiger partial charge in [0.05, 0.1) is 19.4 Å². The Bertz CT molecular complexity index is 723. The monoisotopic (exact) mass is 317 g/mol. The van der Waals surface area contributed by atoms with Gasteiger partial charge >= 0.3 is 0 Å². The van der Waals surface area contributed by atoms with Gasteiger partial charge in [0.15, 0.2) is 0 Å². The molecule has 1 amide bonds. The minimum atomic E-state index is -0.353. The SMILES string of the molecule is COc1ccn2c(C(=O)N3CCC(O)CC(C)(C)C3)cnc2c1. The summed E-state index contributed by atoms with van der Waals surface area (Å²) in [5.74, 6) is 0.658. The summed E-state index contributed by atoms with van der Waals surface area (Å²) in [6.45, 7) is 5.36. The summed E-state index contributed by atoms with van der Waals surface area (Å²) < 4.78 is 6.96. The molecule has 3 rings (SSSR count). The number of fused-ring (bicyclic) bond motifs is 1. The van der Waals surface area contributed by atoms with E-state index in [0.717, 1.165) is 0 Å². The molecule has 0 radical (unpaired) electrons. The minimum absolute atomic E-state index is 0.0511. The number of imidazole rings is 1. The molecule has 0 aromatic carbocycles. The van der Waals surface area contributed by atoms with Crippen LogP contribution >= 0.6 is 0 Å². The van der Waals surface area contributed by atoms with E-state index >= 15 is 0 Å². The highest BCUT2D eigenvalue weighted by Gasteiger charge is 2.32. The van der Waals surface area contributed by atoms with Crippen molar-refractivity contribution in [1.29, 1.82) is 0 Å².